The topological polar surface area (TPSA) is 25.2 Å². The molecular weight excluding hydrogens is 277 g/mol. The zero-order valence-corrected chi connectivity index (χ0v) is 12.4. The molecule has 0 fully saturated rings. The van der Waals surface area contributed by atoms with Gasteiger partial charge >= 0.3 is 0 Å². The van der Waals surface area contributed by atoms with Gasteiger partial charge in [0, 0.05) is 11.6 Å². The summed E-state index contributed by atoms with van der Waals surface area (Å²) in [4.78, 5) is 0. The van der Waals surface area contributed by atoms with Crippen molar-refractivity contribution in [3.05, 3.63) is 83.9 Å². The summed E-state index contributed by atoms with van der Waals surface area (Å²) < 4.78 is 18.7. The van der Waals surface area contributed by atoms with Gasteiger partial charge in [0.1, 0.15) is 17.3 Å². The molecule has 1 N–H and O–H groups in total. The molecule has 0 aliphatic rings. The van der Waals surface area contributed by atoms with E-state index in [0.717, 1.165) is 17.1 Å². The molecule has 3 heteroatoms. The minimum absolute atomic E-state index is 0.242. The van der Waals surface area contributed by atoms with Gasteiger partial charge < -0.3 is 9.73 Å². The molecule has 1 aromatic heterocycles. The summed E-state index contributed by atoms with van der Waals surface area (Å²) >= 11 is 0. The Labute approximate surface area is 129 Å². The molecule has 3 rings (SSSR count). The van der Waals surface area contributed by atoms with E-state index in [1.807, 2.05) is 30.3 Å². The SMILES string of the molecule is CC(NCc1ccc(-c2ccc(F)cc2)o1)c1ccccc1. The molecule has 112 valence electrons. The Bertz CT molecular complexity index is 719. The molecule has 1 heterocycles. The second-order valence-electron chi connectivity index (χ2n) is 5.29. The lowest BCUT2D eigenvalue weighted by Crippen LogP contribution is -2.17. The Balaban J connectivity index is 1.63. The molecule has 1 unspecified atom stereocenters. The Morgan fingerprint density at radius 2 is 1.68 bits per heavy atom. The first-order valence-electron chi connectivity index (χ1n) is 7.35. The molecule has 0 amide bonds. The van der Waals surface area contributed by atoms with E-state index in [0.29, 0.717) is 6.54 Å². The number of hydrogen-bond acceptors (Lipinski definition) is 2. The normalized spacial score (nSPS) is 12.3. The lowest BCUT2D eigenvalue weighted by molar-refractivity contribution is 0.468. The van der Waals surface area contributed by atoms with E-state index >= 15 is 0 Å². The van der Waals surface area contributed by atoms with Gasteiger partial charge in [-0.1, -0.05) is 30.3 Å². The first kappa shape index (κ1) is 14.5. The molecule has 0 aliphatic heterocycles. The van der Waals surface area contributed by atoms with Gasteiger partial charge in [-0.2, -0.15) is 0 Å². The Hall–Kier alpha value is -2.39. The summed E-state index contributed by atoms with van der Waals surface area (Å²) in [5.41, 5.74) is 2.12. The van der Waals surface area contributed by atoms with Crippen molar-refractivity contribution < 1.29 is 8.81 Å². The van der Waals surface area contributed by atoms with Gasteiger partial charge in [0.05, 0.1) is 6.54 Å². The zero-order chi connectivity index (χ0) is 15.4. The summed E-state index contributed by atoms with van der Waals surface area (Å²) in [6.07, 6.45) is 0. The van der Waals surface area contributed by atoms with Crippen molar-refractivity contribution in [2.75, 3.05) is 0 Å². The number of rotatable bonds is 5. The highest BCUT2D eigenvalue weighted by Crippen LogP contribution is 2.23. The minimum atomic E-state index is -0.242. The Morgan fingerprint density at radius 1 is 0.955 bits per heavy atom. The highest BCUT2D eigenvalue weighted by atomic mass is 19.1. The first-order chi connectivity index (χ1) is 10.7. The second-order valence-corrected chi connectivity index (χ2v) is 5.29. The third-order valence-corrected chi connectivity index (χ3v) is 3.67. The monoisotopic (exact) mass is 295 g/mol. The molecule has 0 bridgehead atoms. The molecule has 0 aliphatic carbocycles. The van der Waals surface area contributed by atoms with E-state index in [1.165, 1.54) is 17.7 Å². The molecular formula is C19H18FNO. The van der Waals surface area contributed by atoms with Crippen LogP contribution in [0.4, 0.5) is 4.39 Å². The highest BCUT2D eigenvalue weighted by Gasteiger charge is 2.08. The fourth-order valence-corrected chi connectivity index (χ4v) is 2.36. The fourth-order valence-electron chi connectivity index (χ4n) is 2.36. The van der Waals surface area contributed by atoms with Gasteiger partial charge in [0.25, 0.3) is 0 Å². The van der Waals surface area contributed by atoms with Crippen molar-refractivity contribution in [2.24, 2.45) is 0 Å². The average Bonchev–Trinajstić information content (AvgIpc) is 3.03. The summed E-state index contributed by atoms with van der Waals surface area (Å²) in [6, 6.07) is 20.7. The van der Waals surface area contributed by atoms with Crippen molar-refractivity contribution >= 4 is 0 Å². The molecule has 2 nitrogen and oxygen atoms in total. The van der Waals surface area contributed by atoms with Gasteiger partial charge in [0.15, 0.2) is 0 Å². The summed E-state index contributed by atoms with van der Waals surface area (Å²) in [6.45, 7) is 2.77. The molecule has 0 saturated heterocycles. The largest absolute Gasteiger partial charge is 0.460 e. The Kier molecular flexibility index (Phi) is 4.35. The van der Waals surface area contributed by atoms with Crippen LogP contribution in [0.2, 0.25) is 0 Å². The van der Waals surface area contributed by atoms with Crippen LogP contribution >= 0.6 is 0 Å². The van der Waals surface area contributed by atoms with Crippen molar-refractivity contribution in [1.29, 1.82) is 0 Å². The molecule has 22 heavy (non-hydrogen) atoms. The zero-order valence-electron chi connectivity index (χ0n) is 12.4. The molecule has 2 aromatic carbocycles. The van der Waals surface area contributed by atoms with Gasteiger partial charge in [-0.05, 0) is 48.9 Å². The van der Waals surface area contributed by atoms with Crippen LogP contribution in [0.15, 0.2) is 71.1 Å². The lowest BCUT2D eigenvalue weighted by atomic mass is 10.1. The summed E-state index contributed by atoms with van der Waals surface area (Å²) in [5, 5.41) is 3.44. The van der Waals surface area contributed by atoms with Gasteiger partial charge in [-0.25, -0.2) is 4.39 Å². The minimum Gasteiger partial charge on any atom is -0.460 e. The van der Waals surface area contributed by atoms with Crippen LogP contribution in [0.3, 0.4) is 0 Å². The number of benzene rings is 2. The predicted octanol–water partition coefficient (Wildman–Crippen LogP) is 4.94. The first-order valence-corrected chi connectivity index (χ1v) is 7.35. The number of nitrogens with one attached hydrogen (secondary N) is 1. The summed E-state index contributed by atoms with van der Waals surface area (Å²) in [7, 11) is 0. The lowest BCUT2D eigenvalue weighted by Gasteiger charge is -2.12. The van der Waals surface area contributed by atoms with Gasteiger partial charge in [0.2, 0.25) is 0 Å². The molecule has 0 radical (unpaired) electrons. The van der Waals surface area contributed by atoms with Crippen molar-refractivity contribution in [2.45, 2.75) is 19.5 Å². The quantitative estimate of drug-likeness (QED) is 0.721. The second kappa shape index (κ2) is 6.58. The molecule has 0 saturated carbocycles. The van der Waals surface area contributed by atoms with Gasteiger partial charge in [-0.15, -0.1) is 0 Å². The van der Waals surface area contributed by atoms with Crippen molar-refractivity contribution in [3.8, 4) is 11.3 Å². The number of furan rings is 1. The summed E-state index contributed by atoms with van der Waals surface area (Å²) in [5.74, 6) is 1.38. The number of hydrogen-bond donors (Lipinski definition) is 1. The van der Waals surface area contributed by atoms with E-state index in [9.17, 15) is 4.39 Å². The third-order valence-electron chi connectivity index (χ3n) is 3.67. The Morgan fingerprint density at radius 3 is 2.41 bits per heavy atom. The number of halogens is 1. The molecule has 1 atom stereocenters. The predicted molar refractivity (Wildman–Crippen MR) is 85.8 cm³/mol. The van der Waals surface area contributed by atoms with E-state index in [1.54, 1.807) is 12.1 Å². The van der Waals surface area contributed by atoms with E-state index in [-0.39, 0.29) is 11.9 Å². The van der Waals surface area contributed by atoms with E-state index < -0.39 is 0 Å². The highest BCUT2D eigenvalue weighted by molar-refractivity contribution is 5.57. The van der Waals surface area contributed by atoms with Crippen LogP contribution in [0.1, 0.15) is 24.3 Å². The molecule has 0 spiro atoms. The van der Waals surface area contributed by atoms with E-state index in [4.69, 9.17) is 4.42 Å². The smallest absolute Gasteiger partial charge is 0.134 e. The fraction of sp³-hybridized carbons (Fsp3) is 0.158. The maximum atomic E-state index is 12.9. The van der Waals surface area contributed by atoms with Crippen LogP contribution in [-0.2, 0) is 6.54 Å². The maximum absolute atomic E-state index is 12.9. The van der Waals surface area contributed by atoms with Crippen LogP contribution in [0.5, 0.6) is 0 Å². The van der Waals surface area contributed by atoms with Crippen LogP contribution in [0, 0.1) is 5.82 Å². The molecule has 3 aromatic rings. The van der Waals surface area contributed by atoms with Gasteiger partial charge in [-0.3, -0.25) is 0 Å². The van der Waals surface area contributed by atoms with Crippen LogP contribution < -0.4 is 5.32 Å². The third kappa shape index (κ3) is 3.43. The average molecular weight is 295 g/mol. The maximum Gasteiger partial charge on any atom is 0.134 e. The van der Waals surface area contributed by atoms with E-state index in [2.05, 4.69) is 24.4 Å². The standard InChI is InChI=1S/C19H18FNO/c1-14(15-5-3-2-4-6-15)21-13-18-11-12-19(22-18)16-7-9-17(20)10-8-16/h2-12,14,21H,13H2,1H3. The van der Waals surface area contributed by atoms with Crippen LogP contribution in [-0.4, -0.2) is 0 Å². The van der Waals surface area contributed by atoms with Crippen LogP contribution in [0.25, 0.3) is 11.3 Å². The van der Waals surface area contributed by atoms with Crippen molar-refractivity contribution in [1.82, 2.24) is 5.32 Å². The van der Waals surface area contributed by atoms with Crippen molar-refractivity contribution in [3.63, 3.8) is 0 Å².